The summed E-state index contributed by atoms with van der Waals surface area (Å²) in [6, 6.07) is 2.54. The second-order valence-electron chi connectivity index (χ2n) is 7.02. The average Bonchev–Trinajstić information content (AvgIpc) is 2.62. The van der Waals surface area contributed by atoms with Gasteiger partial charge < -0.3 is 15.0 Å². The summed E-state index contributed by atoms with van der Waals surface area (Å²) in [6.45, 7) is 5.01. The molecular formula is C19H24F4N2O3. The second-order valence-corrected chi connectivity index (χ2v) is 7.02. The lowest BCUT2D eigenvalue weighted by molar-refractivity contribution is -0.274. The minimum absolute atomic E-state index is 0.0212. The van der Waals surface area contributed by atoms with E-state index in [2.05, 4.69) is 10.1 Å². The summed E-state index contributed by atoms with van der Waals surface area (Å²) in [7, 11) is 0. The summed E-state index contributed by atoms with van der Waals surface area (Å²) in [5.41, 5.74) is -0.205. The Morgan fingerprint density at radius 3 is 2.46 bits per heavy atom. The number of ether oxygens (including phenoxy) is 1. The molecule has 28 heavy (non-hydrogen) atoms. The van der Waals surface area contributed by atoms with Gasteiger partial charge in [-0.15, -0.1) is 13.2 Å². The van der Waals surface area contributed by atoms with Crippen LogP contribution >= 0.6 is 0 Å². The highest BCUT2D eigenvalue weighted by Crippen LogP contribution is 2.27. The first-order valence-electron chi connectivity index (χ1n) is 9.23. The van der Waals surface area contributed by atoms with E-state index < -0.39 is 23.8 Å². The Balaban J connectivity index is 1.84. The van der Waals surface area contributed by atoms with Gasteiger partial charge in [-0.25, -0.2) is 4.39 Å². The normalized spacial score (nSPS) is 16.6. The molecule has 1 aliphatic rings. The van der Waals surface area contributed by atoms with Gasteiger partial charge in [0.25, 0.3) is 0 Å². The van der Waals surface area contributed by atoms with Gasteiger partial charge in [0.1, 0.15) is 11.6 Å². The molecule has 0 bridgehead atoms. The van der Waals surface area contributed by atoms with Crippen molar-refractivity contribution >= 4 is 17.5 Å². The van der Waals surface area contributed by atoms with Crippen molar-refractivity contribution in [3.63, 3.8) is 0 Å². The van der Waals surface area contributed by atoms with Gasteiger partial charge in [-0.2, -0.15) is 0 Å². The number of likely N-dealkylation sites (tertiary alicyclic amines) is 1. The molecule has 1 saturated heterocycles. The Kier molecular flexibility index (Phi) is 7.26. The van der Waals surface area contributed by atoms with E-state index in [0.29, 0.717) is 32.0 Å². The largest absolute Gasteiger partial charge is 0.573 e. The molecule has 2 amide bonds. The Bertz CT molecular complexity index is 701. The summed E-state index contributed by atoms with van der Waals surface area (Å²) < 4.78 is 54.0. The highest BCUT2D eigenvalue weighted by atomic mass is 19.4. The van der Waals surface area contributed by atoms with Crippen molar-refractivity contribution in [2.24, 2.45) is 11.8 Å². The topological polar surface area (TPSA) is 58.6 Å². The van der Waals surface area contributed by atoms with Crippen LogP contribution in [0.4, 0.5) is 23.2 Å². The van der Waals surface area contributed by atoms with Gasteiger partial charge in [0.05, 0.1) is 5.69 Å². The van der Waals surface area contributed by atoms with Crippen molar-refractivity contribution in [2.75, 3.05) is 18.4 Å². The zero-order valence-electron chi connectivity index (χ0n) is 15.8. The number of alkyl halides is 3. The fourth-order valence-corrected chi connectivity index (χ4v) is 3.10. The summed E-state index contributed by atoms with van der Waals surface area (Å²) in [5, 5.41) is 2.38. The maximum absolute atomic E-state index is 13.9. The van der Waals surface area contributed by atoms with Crippen molar-refractivity contribution in [1.82, 2.24) is 4.90 Å². The number of hydrogen-bond donors (Lipinski definition) is 1. The van der Waals surface area contributed by atoms with Crippen LogP contribution in [0.5, 0.6) is 5.75 Å². The van der Waals surface area contributed by atoms with E-state index in [4.69, 9.17) is 0 Å². The van der Waals surface area contributed by atoms with E-state index in [1.807, 2.05) is 18.7 Å². The highest BCUT2D eigenvalue weighted by molar-refractivity contribution is 5.91. The van der Waals surface area contributed by atoms with Crippen molar-refractivity contribution < 1.29 is 31.9 Å². The molecule has 0 saturated carbocycles. The predicted octanol–water partition coefficient (Wildman–Crippen LogP) is 4.34. The van der Waals surface area contributed by atoms with Gasteiger partial charge in [-0.1, -0.05) is 13.8 Å². The smallest absolute Gasteiger partial charge is 0.406 e. The van der Waals surface area contributed by atoms with Crippen LogP contribution in [0.3, 0.4) is 0 Å². The van der Waals surface area contributed by atoms with E-state index in [9.17, 15) is 27.2 Å². The summed E-state index contributed by atoms with van der Waals surface area (Å²) in [5.74, 6) is -1.96. The first kappa shape index (κ1) is 22.0. The van der Waals surface area contributed by atoms with Gasteiger partial charge in [0.2, 0.25) is 11.8 Å². The Morgan fingerprint density at radius 1 is 1.29 bits per heavy atom. The van der Waals surface area contributed by atoms with Crippen molar-refractivity contribution in [2.45, 2.75) is 45.9 Å². The van der Waals surface area contributed by atoms with E-state index in [1.165, 1.54) is 0 Å². The number of halogens is 4. The molecular weight excluding hydrogens is 380 g/mol. The number of piperidine rings is 1. The van der Waals surface area contributed by atoms with Crippen LogP contribution in [0.15, 0.2) is 18.2 Å². The molecule has 0 radical (unpaired) electrons. The zero-order chi connectivity index (χ0) is 20.9. The van der Waals surface area contributed by atoms with Crippen molar-refractivity contribution in [3.8, 4) is 5.75 Å². The number of hydrogen-bond acceptors (Lipinski definition) is 3. The third-order valence-corrected chi connectivity index (χ3v) is 4.88. The minimum atomic E-state index is -4.91. The first-order valence-corrected chi connectivity index (χ1v) is 9.23. The quantitative estimate of drug-likeness (QED) is 0.718. The number of carbonyl (C=O) groups excluding carboxylic acids is 2. The zero-order valence-corrected chi connectivity index (χ0v) is 15.8. The lowest BCUT2D eigenvalue weighted by Crippen LogP contribution is -2.41. The van der Waals surface area contributed by atoms with Crippen LogP contribution < -0.4 is 10.1 Å². The van der Waals surface area contributed by atoms with E-state index >= 15 is 0 Å². The number of nitrogens with one attached hydrogen (secondary N) is 1. The van der Waals surface area contributed by atoms with Crippen LogP contribution in [-0.4, -0.2) is 36.2 Å². The van der Waals surface area contributed by atoms with Crippen LogP contribution in [0, 0.1) is 17.7 Å². The minimum Gasteiger partial charge on any atom is -0.406 e. The third-order valence-electron chi connectivity index (χ3n) is 4.88. The molecule has 1 fully saturated rings. The fraction of sp³-hybridized carbons (Fsp3) is 0.579. The summed E-state index contributed by atoms with van der Waals surface area (Å²) in [6.07, 6.45) is -2.62. The Hall–Kier alpha value is -2.32. The third kappa shape index (κ3) is 6.38. The van der Waals surface area contributed by atoms with Crippen LogP contribution in [0.25, 0.3) is 0 Å². The monoisotopic (exact) mass is 404 g/mol. The molecule has 0 spiro atoms. The molecule has 1 aromatic carbocycles. The van der Waals surface area contributed by atoms with Crippen molar-refractivity contribution in [3.05, 3.63) is 24.0 Å². The second kappa shape index (κ2) is 9.25. The molecule has 2 rings (SSSR count). The molecule has 9 heteroatoms. The van der Waals surface area contributed by atoms with Gasteiger partial charge in [0, 0.05) is 31.5 Å². The molecule has 5 nitrogen and oxygen atoms in total. The molecule has 156 valence electrons. The standard InChI is InChI=1S/C19H24F4N2O3/c1-3-12(2)18(27)25-8-6-13(7-9-25)10-17(26)24-16-5-4-14(11-15(16)20)28-19(21,22)23/h4-5,11-13H,3,6-10H2,1-2H3,(H,24,26)/t12-/m0/s1. The Labute approximate surface area is 161 Å². The number of carbonyl (C=O) groups is 2. The van der Waals surface area contributed by atoms with Gasteiger partial charge in [-0.3, -0.25) is 9.59 Å². The number of benzene rings is 1. The molecule has 1 atom stereocenters. The highest BCUT2D eigenvalue weighted by Gasteiger charge is 2.31. The van der Waals surface area contributed by atoms with E-state index in [1.54, 1.807) is 0 Å². The maximum atomic E-state index is 13.9. The molecule has 0 aliphatic carbocycles. The van der Waals surface area contributed by atoms with Gasteiger partial charge in [0.15, 0.2) is 0 Å². The Morgan fingerprint density at radius 2 is 1.93 bits per heavy atom. The lowest BCUT2D eigenvalue weighted by Gasteiger charge is -2.33. The molecule has 1 aromatic rings. The number of rotatable bonds is 6. The molecule has 0 unspecified atom stereocenters. The van der Waals surface area contributed by atoms with Gasteiger partial charge >= 0.3 is 6.36 Å². The first-order chi connectivity index (χ1) is 13.1. The summed E-state index contributed by atoms with van der Waals surface area (Å²) >= 11 is 0. The number of amides is 2. The molecule has 1 aliphatic heterocycles. The van der Waals surface area contributed by atoms with Crippen LogP contribution in [0.1, 0.15) is 39.5 Å². The SMILES string of the molecule is CC[C@H](C)C(=O)N1CCC(CC(=O)Nc2ccc(OC(F)(F)F)cc2F)CC1. The number of anilines is 1. The van der Waals surface area contributed by atoms with Crippen LogP contribution in [-0.2, 0) is 9.59 Å². The summed E-state index contributed by atoms with van der Waals surface area (Å²) in [4.78, 5) is 26.1. The molecule has 1 N–H and O–H groups in total. The predicted molar refractivity (Wildman–Crippen MR) is 95.1 cm³/mol. The van der Waals surface area contributed by atoms with Crippen molar-refractivity contribution in [1.29, 1.82) is 0 Å². The van der Waals surface area contributed by atoms with E-state index in [0.717, 1.165) is 18.6 Å². The van der Waals surface area contributed by atoms with E-state index in [-0.39, 0.29) is 29.9 Å². The molecule has 1 heterocycles. The number of nitrogens with zero attached hydrogens (tertiary/aromatic N) is 1. The fourth-order valence-electron chi connectivity index (χ4n) is 3.10. The lowest BCUT2D eigenvalue weighted by atomic mass is 9.92. The molecule has 0 aromatic heterocycles. The van der Waals surface area contributed by atoms with Crippen LogP contribution in [0.2, 0.25) is 0 Å². The maximum Gasteiger partial charge on any atom is 0.573 e. The van der Waals surface area contributed by atoms with Gasteiger partial charge in [-0.05, 0) is 37.3 Å². The average molecular weight is 404 g/mol.